The number of hydrogen-bond donors (Lipinski definition) is 6. The third-order valence-corrected chi connectivity index (χ3v) is 11.3. The average molecular weight is 899 g/mol. The number of hydrogen-bond acceptors (Lipinski definition) is 20. The molecule has 0 spiro atoms. The van der Waals surface area contributed by atoms with Crippen LogP contribution >= 0.6 is 0 Å². The maximum Gasteiger partial charge on any atom is 0.295 e. The highest BCUT2D eigenvalue weighted by Gasteiger charge is 2.21. The van der Waals surface area contributed by atoms with E-state index in [1.807, 2.05) is 38.0 Å². The SMILES string of the molecule is CN(C)CCCNc1nc(Nc2ccc(/C=C/c3ccc(Nc4nc(NCCCN(C)C)nc(N5CCOCC5)n4)cc3S(=O)(=O)O)c(S(=O)(=O)O)c2)nc(N2CCOCC2)n1. The lowest BCUT2D eigenvalue weighted by atomic mass is 10.1. The Labute approximate surface area is 361 Å². The van der Waals surface area contributed by atoms with Gasteiger partial charge in [-0.1, -0.05) is 24.3 Å². The van der Waals surface area contributed by atoms with Gasteiger partial charge in [0.15, 0.2) is 0 Å². The average Bonchev–Trinajstić information content (AvgIpc) is 3.23. The summed E-state index contributed by atoms with van der Waals surface area (Å²) in [5.41, 5.74) is 0.536. The van der Waals surface area contributed by atoms with Crippen molar-refractivity contribution in [3.05, 3.63) is 47.5 Å². The molecule has 0 saturated carbocycles. The zero-order valence-corrected chi connectivity index (χ0v) is 36.8. The number of morpholine rings is 2. The van der Waals surface area contributed by atoms with Crippen LogP contribution < -0.4 is 31.1 Å². The van der Waals surface area contributed by atoms with Crippen LogP contribution in [0.4, 0.5) is 47.1 Å². The van der Waals surface area contributed by atoms with Gasteiger partial charge in [-0.3, -0.25) is 9.11 Å². The topological polar surface area (TPSA) is 266 Å². The van der Waals surface area contributed by atoms with Crippen LogP contribution in [-0.4, -0.2) is 173 Å². The zero-order valence-electron chi connectivity index (χ0n) is 35.2. The van der Waals surface area contributed by atoms with Gasteiger partial charge in [-0.15, -0.1) is 0 Å². The van der Waals surface area contributed by atoms with Crippen molar-refractivity contribution in [3.8, 4) is 0 Å². The van der Waals surface area contributed by atoms with Crippen molar-refractivity contribution < 1.29 is 35.4 Å². The minimum absolute atomic E-state index is 0.0286. The second-order valence-electron chi connectivity index (χ2n) is 15.0. The molecule has 2 aromatic carbocycles. The van der Waals surface area contributed by atoms with Crippen LogP contribution in [0.3, 0.4) is 0 Å². The van der Waals surface area contributed by atoms with Gasteiger partial charge in [0, 0.05) is 50.6 Å². The molecule has 0 aliphatic carbocycles. The van der Waals surface area contributed by atoms with Gasteiger partial charge in [-0.05, 0) is 89.5 Å². The zero-order chi connectivity index (χ0) is 44.3. The van der Waals surface area contributed by atoms with Crippen molar-refractivity contribution in [2.24, 2.45) is 0 Å². The molecule has 22 nitrogen and oxygen atoms in total. The van der Waals surface area contributed by atoms with Crippen LogP contribution in [0.25, 0.3) is 12.2 Å². The number of rotatable bonds is 20. The van der Waals surface area contributed by atoms with Gasteiger partial charge in [0.25, 0.3) is 20.2 Å². The Morgan fingerprint density at radius 3 is 1.32 bits per heavy atom. The summed E-state index contributed by atoms with van der Waals surface area (Å²) >= 11 is 0. The summed E-state index contributed by atoms with van der Waals surface area (Å²) in [5.74, 6) is 1.74. The Kier molecular flexibility index (Phi) is 15.8. The molecule has 0 amide bonds. The van der Waals surface area contributed by atoms with Gasteiger partial charge in [0.2, 0.25) is 35.7 Å². The summed E-state index contributed by atoms with van der Waals surface area (Å²) in [6.07, 6.45) is 4.30. The van der Waals surface area contributed by atoms with E-state index < -0.39 is 30.0 Å². The first-order valence-corrected chi connectivity index (χ1v) is 22.9. The van der Waals surface area contributed by atoms with E-state index >= 15 is 0 Å². The summed E-state index contributed by atoms with van der Waals surface area (Å²) in [6, 6.07) is 8.37. The van der Waals surface area contributed by atoms with Crippen molar-refractivity contribution in [2.45, 2.75) is 22.6 Å². The van der Waals surface area contributed by atoms with Gasteiger partial charge in [-0.25, -0.2) is 0 Å². The van der Waals surface area contributed by atoms with Gasteiger partial charge in [0.1, 0.15) is 9.79 Å². The Balaban J connectivity index is 1.24. The van der Waals surface area contributed by atoms with Crippen molar-refractivity contribution in [1.29, 1.82) is 0 Å². The van der Waals surface area contributed by atoms with Crippen LogP contribution in [-0.2, 0) is 29.7 Å². The molecule has 2 saturated heterocycles. The number of anilines is 8. The lowest BCUT2D eigenvalue weighted by Crippen LogP contribution is -2.37. The normalized spacial score (nSPS) is 15.1. The van der Waals surface area contributed by atoms with Crippen molar-refractivity contribution in [3.63, 3.8) is 0 Å². The predicted molar refractivity (Wildman–Crippen MR) is 237 cm³/mol. The fourth-order valence-electron chi connectivity index (χ4n) is 6.38. The van der Waals surface area contributed by atoms with E-state index in [0.29, 0.717) is 89.5 Å². The minimum atomic E-state index is -4.81. The Hall–Kier alpha value is -5.34. The smallest absolute Gasteiger partial charge is 0.295 e. The van der Waals surface area contributed by atoms with E-state index in [0.717, 1.165) is 25.9 Å². The van der Waals surface area contributed by atoms with Crippen molar-refractivity contribution >= 4 is 79.5 Å². The molecule has 0 unspecified atom stereocenters. The summed E-state index contributed by atoms with van der Waals surface area (Å²) < 4.78 is 82.4. The predicted octanol–water partition coefficient (Wildman–Crippen LogP) is 2.61. The largest absolute Gasteiger partial charge is 0.378 e. The van der Waals surface area contributed by atoms with E-state index in [4.69, 9.17) is 9.47 Å². The van der Waals surface area contributed by atoms with Gasteiger partial charge in [-0.2, -0.15) is 46.7 Å². The molecule has 4 heterocycles. The quantitative estimate of drug-likeness (QED) is 0.0423. The van der Waals surface area contributed by atoms with Crippen LogP contribution in [0.15, 0.2) is 46.2 Å². The first-order valence-electron chi connectivity index (χ1n) is 20.0. The molecule has 4 aromatic rings. The molecule has 0 atom stereocenters. The molecule has 24 heteroatoms. The molecule has 6 rings (SSSR count). The van der Waals surface area contributed by atoms with Crippen molar-refractivity contribution in [1.82, 2.24) is 39.7 Å². The van der Waals surface area contributed by atoms with E-state index in [1.165, 1.54) is 36.4 Å². The third-order valence-electron chi connectivity index (χ3n) is 9.50. The van der Waals surface area contributed by atoms with Crippen LogP contribution in [0.2, 0.25) is 0 Å². The second-order valence-corrected chi connectivity index (χ2v) is 17.7. The molecule has 0 bridgehead atoms. The molecule has 2 aliphatic heterocycles. The molecular weight excluding hydrogens is 845 g/mol. The second kappa shape index (κ2) is 21.2. The van der Waals surface area contributed by atoms with E-state index in [1.54, 1.807) is 12.1 Å². The third kappa shape index (κ3) is 13.6. The molecular formula is C38H54N14O8S2. The van der Waals surface area contributed by atoms with Gasteiger partial charge in [0.05, 0.1) is 26.4 Å². The van der Waals surface area contributed by atoms with Crippen LogP contribution in [0.1, 0.15) is 24.0 Å². The summed E-state index contributed by atoms with van der Waals surface area (Å²) in [6.45, 7) is 7.22. The maximum absolute atomic E-state index is 12.7. The van der Waals surface area contributed by atoms with Crippen molar-refractivity contribution in [2.75, 3.05) is 138 Å². The molecule has 6 N–H and O–H groups in total. The Morgan fingerprint density at radius 2 is 0.968 bits per heavy atom. The standard InChI is InChI=1S/C38H54N14O8S2/c1-49(2)15-5-13-39-33-43-35(47-37(45-33)51-17-21-59-22-18-51)41-29-11-9-27(31(25-29)61(53,54)55)7-8-28-10-12-30(26-32(28)62(56,57)58)42-36-44-34(40-14-6-16-50(3)4)46-38(48-36)52-19-23-60-24-20-52/h7-12,25-26H,5-6,13-24H2,1-4H3,(H,53,54,55)(H,56,57,58)(H2,39,41,43,45,47)(H2,40,42,44,46,48)/b8-7+. The van der Waals surface area contributed by atoms with Crippen LogP contribution in [0.5, 0.6) is 0 Å². The molecule has 62 heavy (non-hydrogen) atoms. The summed E-state index contributed by atoms with van der Waals surface area (Å²) in [7, 11) is -1.68. The monoisotopic (exact) mass is 898 g/mol. The molecule has 2 aromatic heterocycles. The number of benzene rings is 2. The lowest BCUT2D eigenvalue weighted by molar-refractivity contribution is 0.122. The fourth-order valence-corrected chi connectivity index (χ4v) is 7.80. The Morgan fingerprint density at radius 1 is 0.597 bits per heavy atom. The summed E-state index contributed by atoms with van der Waals surface area (Å²) in [5, 5.41) is 12.5. The first kappa shape index (κ1) is 46.2. The number of aromatic nitrogens is 6. The molecule has 336 valence electrons. The van der Waals surface area contributed by atoms with E-state index in [-0.39, 0.29) is 34.4 Å². The first-order chi connectivity index (χ1) is 29.6. The number of nitrogens with one attached hydrogen (secondary N) is 4. The lowest BCUT2D eigenvalue weighted by Gasteiger charge is -2.27. The van der Waals surface area contributed by atoms with Gasteiger partial charge >= 0.3 is 0 Å². The maximum atomic E-state index is 12.7. The molecule has 2 fully saturated rings. The van der Waals surface area contributed by atoms with Gasteiger partial charge < -0.3 is 50.3 Å². The molecule has 0 radical (unpaired) electrons. The van der Waals surface area contributed by atoms with E-state index in [2.05, 4.69) is 61.0 Å². The highest BCUT2D eigenvalue weighted by Crippen LogP contribution is 2.29. The molecule has 2 aliphatic rings. The summed E-state index contributed by atoms with van der Waals surface area (Å²) in [4.78, 5) is 34.4. The Bertz CT molecular complexity index is 2230. The van der Waals surface area contributed by atoms with E-state index in [9.17, 15) is 25.9 Å². The fraction of sp³-hybridized carbons (Fsp3) is 0.474. The minimum Gasteiger partial charge on any atom is -0.378 e. The highest BCUT2D eigenvalue weighted by molar-refractivity contribution is 7.86. The number of nitrogens with zero attached hydrogens (tertiary/aromatic N) is 10. The van der Waals surface area contributed by atoms with Crippen LogP contribution in [0, 0.1) is 0 Å². The highest BCUT2D eigenvalue weighted by atomic mass is 32.2. The number of ether oxygens (including phenoxy) is 2.